The van der Waals surface area contributed by atoms with Crippen LogP contribution >= 0.6 is 23.2 Å². The molecule has 0 aliphatic heterocycles. The molecule has 0 atom stereocenters. The molecular formula is C26H21Cl2FN2O3. The number of nitrogens with zero attached hydrogens (tertiary/aromatic N) is 2. The molecule has 174 valence electrons. The minimum absolute atomic E-state index is 0.0590. The van der Waals surface area contributed by atoms with Gasteiger partial charge < -0.3 is 14.0 Å². The van der Waals surface area contributed by atoms with Gasteiger partial charge in [-0.1, -0.05) is 35.3 Å². The molecular weight excluding hydrogens is 478 g/mol. The molecule has 2 aromatic heterocycles. The van der Waals surface area contributed by atoms with E-state index in [9.17, 15) is 9.18 Å². The number of esters is 1. The molecule has 0 saturated carbocycles. The fourth-order valence-electron chi connectivity index (χ4n) is 3.57. The van der Waals surface area contributed by atoms with Crippen LogP contribution in [0.2, 0.25) is 10.0 Å². The molecule has 8 heteroatoms. The van der Waals surface area contributed by atoms with E-state index in [1.165, 1.54) is 6.07 Å². The van der Waals surface area contributed by atoms with Crippen LogP contribution in [0.4, 0.5) is 4.39 Å². The number of hydrogen-bond donors (Lipinski definition) is 0. The van der Waals surface area contributed by atoms with Crippen molar-refractivity contribution < 1.29 is 18.7 Å². The summed E-state index contributed by atoms with van der Waals surface area (Å²) in [5.41, 5.74) is 2.85. The lowest BCUT2D eigenvalue weighted by molar-refractivity contribution is 0.0519. The monoisotopic (exact) mass is 498 g/mol. The zero-order chi connectivity index (χ0) is 24.2. The summed E-state index contributed by atoms with van der Waals surface area (Å²) in [6, 6.07) is 16.7. The van der Waals surface area contributed by atoms with Crippen LogP contribution in [0.5, 0.6) is 5.75 Å². The van der Waals surface area contributed by atoms with Gasteiger partial charge in [-0.3, -0.25) is 0 Å². The van der Waals surface area contributed by atoms with Gasteiger partial charge >= 0.3 is 5.97 Å². The van der Waals surface area contributed by atoms with Gasteiger partial charge in [0.25, 0.3) is 0 Å². The quantitative estimate of drug-likeness (QED) is 0.256. The van der Waals surface area contributed by atoms with Crippen molar-refractivity contribution in [3.05, 3.63) is 99.5 Å². The largest absolute Gasteiger partial charge is 0.488 e. The standard InChI is InChI=1S/C26H21Cl2FN2O3/c1-3-33-26(32)22-8-5-9-24(30-22)31-13-12-16(2)25(31)18-14-17(27)10-11-23(18)34-15-19-20(28)6-4-7-21(19)29/h4-14H,3,15H2,1-2H3. The highest BCUT2D eigenvalue weighted by molar-refractivity contribution is 6.31. The maximum Gasteiger partial charge on any atom is 0.356 e. The first-order chi connectivity index (χ1) is 16.4. The average Bonchev–Trinajstić information content (AvgIpc) is 3.21. The van der Waals surface area contributed by atoms with Crippen LogP contribution < -0.4 is 4.74 Å². The predicted molar refractivity (Wildman–Crippen MR) is 130 cm³/mol. The predicted octanol–water partition coefficient (Wildman–Crippen LogP) is 7.05. The summed E-state index contributed by atoms with van der Waals surface area (Å²) in [6.45, 7) is 3.88. The van der Waals surface area contributed by atoms with Crippen LogP contribution in [0.1, 0.15) is 28.5 Å². The number of aryl methyl sites for hydroxylation is 1. The molecule has 0 fully saturated rings. The smallest absolute Gasteiger partial charge is 0.356 e. The summed E-state index contributed by atoms with van der Waals surface area (Å²) < 4.78 is 27.2. The van der Waals surface area contributed by atoms with Crippen molar-refractivity contribution in [2.45, 2.75) is 20.5 Å². The second-order valence-electron chi connectivity index (χ2n) is 7.45. The maximum absolute atomic E-state index is 14.3. The van der Waals surface area contributed by atoms with E-state index < -0.39 is 11.8 Å². The van der Waals surface area contributed by atoms with E-state index in [0.29, 0.717) is 22.2 Å². The Morgan fingerprint density at radius 1 is 1.09 bits per heavy atom. The van der Waals surface area contributed by atoms with E-state index in [4.69, 9.17) is 32.7 Å². The van der Waals surface area contributed by atoms with Crippen LogP contribution in [-0.4, -0.2) is 22.1 Å². The van der Waals surface area contributed by atoms with Crippen molar-refractivity contribution >= 4 is 29.2 Å². The SMILES string of the molecule is CCOC(=O)c1cccc(-n2ccc(C)c2-c2cc(Cl)ccc2OCc2c(F)cccc2Cl)n1. The van der Waals surface area contributed by atoms with Crippen LogP contribution in [0.25, 0.3) is 17.1 Å². The van der Waals surface area contributed by atoms with Gasteiger partial charge in [0.15, 0.2) is 5.69 Å². The Hall–Kier alpha value is -3.35. The molecule has 0 N–H and O–H groups in total. The third-order valence-electron chi connectivity index (χ3n) is 5.18. The first kappa shape index (κ1) is 23.8. The number of halogens is 3. The van der Waals surface area contributed by atoms with Crippen LogP contribution in [-0.2, 0) is 11.3 Å². The Morgan fingerprint density at radius 2 is 1.88 bits per heavy atom. The molecule has 0 aliphatic carbocycles. The third-order valence-corrected chi connectivity index (χ3v) is 5.77. The first-order valence-corrected chi connectivity index (χ1v) is 11.3. The maximum atomic E-state index is 14.3. The summed E-state index contributed by atoms with van der Waals surface area (Å²) in [5, 5.41) is 0.793. The Bertz CT molecular complexity index is 1330. The molecule has 5 nitrogen and oxygen atoms in total. The Labute approximate surface area is 206 Å². The summed E-state index contributed by atoms with van der Waals surface area (Å²) >= 11 is 12.5. The highest BCUT2D eigenvalue weighted by Gasteiger charge is 2.18. The average molecular weight is 499 g/mol. The number of carbonyl (C=O) groups is 1. The molecule has 4 aromatic rings. The molecule has 34 heavy (non-hydrogen) atoms. The van der Waals surface area contributed by atoms with Crippen molar-refractivity contribution in [1.29, 1.82) is 0 Å². The second-order valence-corrected chi connectivity index (χ2v) is 8.29. The van der Waals surface area contributed by atoms with E-state index in [1.807, 2.05) is 23.8 Å². The lowest BCUT2D eigenvalue weighted by Gasteiger charge is -2.16. The van der Waals surface area contributed by atoms with E-state index in [2.05, 4.69) is 4.98 Å². The van der Waals surface area contributed by atoms with Gasteiger partial charge in [-0.25, -0.2) is 14.2 Å². The zero-order valence-corrected chi connectivity index (χ0v) is 20.0. The number of ether oxygens (including phenoxy) is 2. The van der Waals surface area contributed by atoms with Crippen LogP contribution in [0, 0.1) is 12.7 Å². The number of carbonyl (C=O) groups excluding carboxylic acids is 1. The summed E-state index contributed by atoms with van der Waals surface area (Å²) in [5.74, 6) is 0.0796. The van der Waals surface area contributed by atoms with Gasteiger partial charge in [-0.2, -0.15) is 0 Å². The van der Waals surface area contributed by atoms with Crippen molar-refractivity contribution in [2.75, 3.05) is 6.61 Å². The molecule has 0 radical (unpaired) electrons. The van der Waals surface area contributed by atoms with Crippen molar-refractivity contribution in [1.82, 2.24) is 9.55 Å². The van der Waals surface area contributed by atoms with Gasteiger partial charge in [0.2, 0.25) is 0 Å². The zero-order valence-electron chi connectivity index (χ0n) is 18.5. The van der Waals surface area contributed by atoms with Gasteiger partial charge in [0, 0.05) is 22.3 Å². The summed E-state index contributed by atoms with van der Waals surface area (Å²) in [6.07, 6.45) is 1.85. The molecule has 0 aliphatic rings. The Morgan fingerprint density at radius 3 is 2.65 bits per heavy atom. The topological polar surface area (TPSA) is 53.4 Å². The minimum Gasteiger partial charge on any atom is -0.488 e. The molecule has 0 unspecified atom stereocenters. The molecule has 2 aromatic carbocycles. The molecule has 0 amide bonds. The molecule has 4 rings (SSSR count). The highest BCUT2D eigenvalue weighted by Crippen LogP contribution is 2.37. The van der Waals surface area contributed by atoms with Crippen molar-refractivity contribution in [3.63, 3.8) is 0 Å². The van der Waals surface area contributed by atoms with Gasteiger partial charge in [0.05, 0.1) is 17.3 Å². The fourth-order valence-corrected chi connectivity index (χ4v) is 3.96. The van der Waals surface area contributed by atoms with Gasteiger partial charge in [-0.05, 0) is 67.9 Å². The van der Waals surface area contributed by atoms with Gasteiger partial charge in [-0.15, -0.1) is 0 Å². The van der Waals surface area contributed by atoms with E-state index in [-0.39, 0.29) is 29.5 Å². The lowest BCUT2D eigenvalue weighted by atomic mass is 10.1. The number of benzene rings is 2. The lowest BCUT2D eigenvalue weighted by Crippen LogP contribution is -2.09. The van der Waals surface area contributed by atoms with E-state index in [1.54, 1.807) is 55.5 Å². The van der Waals surface area contributed by atoms with E-state index >= 15 is 0 Å². The normalized spacial score (nSPS) is 10.9. The molecule has 2 heterocycles. The van der Waals surface area contributed by atoms with E-state index in [0.717, 1.165) is 11.3 Å². The summed E-state index contributed by atoms with van der Waals surface area (Å²) in [7, 11) is 0. The fraction of sp³-hybridized carbons (Fsp3) is 0.154. The van der Waals surface area contributed by atoms with Crippen LogP contribution in [0.15, 0.2) is 66.9 Å². The summed E-state index contributed by atoms with van der Waals surface area (Å²) in [4.78, 5) is 16.7. The number of hydrogen-bond acceptors (Lipinski definition) is 4. The molecule has 0 saturated heterocycles. The third kappa shape index (κ3) is 4.93. The highest BCUT2D eigenvalue weighted by atomic mass is 35.5. The van der Waals surface area contributed by atoms with Crippen LogP contribution in [0.3, 0.4) is 0 Å². The molecule has 0 bridgehead atoms. The second kappa shape index (κ2) is 10.3. The minimum atomic E-state index is -0.497. The van der Waals surface area contributed by atoms with Crippen molar-refractivity contribution in [2.24, 2.45) is 0 Å². The Kier molecular flexibility index (Phi) is 7.20. The number of aromatic nitrogens is 2. The van der Waals surface area contributed by atoms with Gasteiger partial charge in [0.1, 0.15) is 24.0 Å². The first-order valence-electron chi connectivity index (χ1n) is 10.6. The molecule has 0 spiro atoms. The van der Waals surface area contributed by atoms with Crippen molar-refractivity contribution in [3.8, 4) is 22.8 Å². The number of rotatable bonds is 7. The number of pyridine rings is 1. The Balaban J connectivity index is 1.75.